The van der Waals surface area contributed by atoms with Crippen molar-refractivity contribution in [3.63, 3.8) is 0 Å². The molecule has 0 saturated carbocycles. The van der Waals surface area contributed by atoms with E-state index in [1.807, 2.05) is 14.0 Å². The first-order valence-corrected chi connectivity index (χ1v) is 6.69. The molecule has 0 amide bonds. The Labute approximate surface area is 122 Å². The van der Waals surface area contributed by atoms with Crippen molar-refractivity contribution in [3.8, 4) is 11.5 Å². The van der Waals surface area contributed by atoms with Crippen LogP contribution in [-0.2, 0) is 6.42 Å². The summed E-state index contributed by atoms with van der Waals surface area (Å²) in [6.07, 6.45) is 2.36. The van der Waals surface area contributed by atoms with Crippen molar-refractivity contribution in [2.45, 2.75) is 20.3 Å². The lowest BCUT2D eigenvalue weighted by Gasteiger charge is -2.11. The molecule has 19 heavy (non-hydrogen) atoms. The van der Waals surface area contributed by atoms with Gasteiger partial charge in [-0.05, 0) is 19.4 Å². The first-order valence-electron chi connectivity index (χ1n) is 5.93. The molecule has 2 rings (SSSR count). The Balaban J connectivity index is 2.62. The zero-order chi connectivity index (χ0) is 14.0. The molecule has 1 N–H and O–H groups in total. The number of nitrogens with zero attached hydrogens (tertiary/aromatic N) is 3. The molecule has 0 atom stereocenters. The normalized spacial score (nSPS) is 10.6. The van der Waals surface area contributed by atoms with E-state index in [0.717, 1.165) is 23.5 Å². The highest BCUT2D eigenvalue weighted by atomic mass is 35.5. The molecule has 2 aromatic heterocycles. The van der Waals surface area contributed by atoms with Gasteiger partial charge < -0.3 is 5.32 Å². The zero-order valence-electron chi connectivity index (χ0n) is 11.0. The number of rotatable bonds is 3. The minimum atomic E-state index is 0.445. The van der Waals surface area contributed by atoms with E-state index in [2.05, 4.69) is 27.2 Å². The van der Waals surface area contributed by atoms with Gasteiger partial charge in [0.05, 0.1) is 10.0 Å². The highest BCUT2D eigenvalue weighted by Crippen LogP contribution is 2.27. The lowest BCUT2D eigenvalue weighted by Crippen LogP contribution is -2.05. The van der Waals surface area contributed by atoms with Crippen LogP contribution in [0, 0.1) is 6.92 Å². The fraction of sp³-hybridized carbons (Fsp3) is 0.308. The van der Waals surface area contributed by atoms with Gasteiger partial charge >= 0.3 is 0 Å². The average molecular weight is 297 g/mol. The zero-order valence-corrected chi connectivity index (χ0v) is 12.5. The first-order chi connectivity index (χ1) is 9.06. The lowest BCUT2D eigenvalue weighted by atomic mass is 10.2. The molecule has 0 aromatic carbocycles. The number of aromatic nitrogens is 3. The number of hydrogen-bond acceptors (Lipinski definition) is 4. The number of pyridine rings is 1. The van der Waals surface area contributed by atoms with Gasteiger partial charge in [-0.25, -0.2) is 15.0 Å². The highest BCUT2D eigenvalue weighted by molar-refractivity contribution is 6.35. The molecule has 0 bridgehead atoms. The lowest BCUT2D eigenvalue weighted by molar-refractivity contribution is 0.972. The highest BCUT2D eigenvalue weighted by Gasteiger charge is 2.14. The monoisotopic (exact) mass is 296 g/mol. The van der Waals surface area contributed by atoms with E-state index in [1.54, 1.807) is 6.07 Å². The Morgan fingerprint density at radius 1 is 1.26 bits per heavy atom. The fourth-order valence-corrected chi connectivity index (χ4v) is 2.30. The second kappa shape index (κ2) is 5.72. The van der Waals surface area contributed by atoms with Crippen molar-refractivity contribution in [1.29, 1.82) is 0 Å². The minimum Gasteiger partial charge on any atom is -0.373 e. The summed E-state index contributed by atoms with van der Waals surface area (Å²) in [4.78, 5) is 13.2. The SMILES string of the molecule is CCc1nc(-c2ncc(Cl)cc2Cl)nc(NC)c1C. The fourth-order valence-electron chi connectivity index (χ4n) is 1.84. The molecule has 0 aliphatic carbocycles. The number of nitrogens with one attached hydrogen (secondary N) is 1. The van der Waals surface area contributed by atoms with E-state index in [0.29, 0.717) is 21.6 Å². The minimum absolute atomic E-state index is 0.445. The summed E-state index contributed by atoms with van der Waals surface area (Å²) < 4.78 is 0. The predicted octanol–water partition coefficient (Wildman–Crippen LogP) is 3.76. The molecule has 2 heterocycles. The van der Waals surface area contributed by atoms with Crippen molar-refractivity contribution in [2.75, 3.05) is 12.4 Å². The Morgan fingerprint density at radius 2 is 2.00 bits per heavy atom. The van der Waals surface area contributed by atoms with Gasteiger partial charge in [-0.15, -0.1) is 0 Å². The second-order valence-corrected chi connectivity index (χ2v) is 4.90. The molecule has 0 radical (unpaired) electrons. The molecule has 0 spiro atoms. The predicted molar refractivity (Wildman–Crippen MR) is 78.9 cm³/mol. The Morgan fingerprint density at radius 3 is 2.58 bits per heavy atom. The Bertz CT molecular complexity index is 589. The third kappa shape index (κ3) is 2.80. The summed E-state index contributed by atoms with van der Waals surface area (Å²) in [6.45, 7) is 4.04. The van der Waals surface area contributed by atoms with Crippen LogP contribution in [0.25, 0.3) is 11.5 Å². The van der Waals surface area contributed by atoms with Gasteiger partial charge in [-0.3, -0.25) is 0 Å². The van der Waals surface area contributed by atoms with E-state index in [4.69, 9.17) is 23.2 Å². The van der Waals surface area contributed by atoms with Crippen LogP contribution in [0.2, 0.25) is 10.0 Å². The molecule has 4 nitrogen and oxygen atoms in total. The molecular weight excluding hydrogens is 283 g/mol. The van der Waals surface area contributed by atoms with E-state index < -0.39 is 0 Å². The third-order valence-corrected chi connectivity index (χ3v) is 3.33. The summed E-state index contributed by atoms with van der Waals surface area (Å²) in [5, 5.41) is 4.00. The van der Waals surface area contributed by atoms with Crippen LogP contribution in [0.1, 0.15) is 18.2 Å². The van der Waals surface area contributed by atoms with E-state index in [1.165, 1.54) is 6.20 Å². The van der Waals surface area contributed by atoms with Gasteiger partial charge in [0, 0.05) is 24.5 Å². The molecular formula is C13H14Cl2N4. The van der Waals surface area contributed by atoms with E-state index >= 15 is 0 Å². The van der Waals surface area contributed by atoms with Crippen molar-refractivity contribution in [3.05, 3.63) is 33.6 Å². The van der Waals surface area contributed by atoms with Gasteiger partial charge in [0.15, 0.2) is 5.82 Å². The summed E-state index contributed by atoms with van der Waals surface area (Å²) in [6, 6.07) is 1.64. The first kappa shape index (κ1) is 14.0. The van der Waals surface area contributed by atoms with Crippen LogP contribution >= 0.6 is 23.2 Å². The molecule has 6 heteroatoms. The average Bonchev–Trinajstić information content (AvgIpc) is 2.39. The summed E-state index contributed by atoms with van der Waals surface area (Å²) in [7, 11) is 1.83. The molecule has 0 saturated heterocycles. The molecule has 0 fully saturated rings. The van der Waals surface area contributed by atoms with Gasteiger partial charge in [-0.2, -0.15) is 0 Å². The van der Waals surface area contributed by atoms with E-state index in [9.17, 15) is 0 Å². The summed E-state index contributed by atoms with van der Waals surface area (Å²) >= 11 is 12.0. The smallest absolute Gasteiger partial charge is 0.181 e. The van der Waals surface area contributed by atoms with E-state index in [-0.39, 0.29) is 0 Å². The second-order valence-electron chi connectivity index (χ2n) is 4.06. The number of hydrogen-bond donors (Lipinski definition) is 1. The molecule has 0 aliphatic heterocycles. The van der Waals surface area contributed by atoms with Crippen LogP contribution in [0.4, 0.5) is 5.82 Å². The van der Waals surface area contributed by atoms with Crippen LogP contribution in [0.3, 0.4) is 0 Å². The van der Waals surface area contributed by atoms with Crippen molar-refractivity contribution < 1.29 is 0 Å². The van der Waals surface area contributed by atoms with Crippen molar-refractivity contribution in [2.24, 2.45) is 0 Å². The largest absolute Gasteiger partial charge is 0.373 e. The topological polar surface area (TPSA) is 50.7 Å². The van der Waals surface area contributed by atoms with Crippen LogP contribution in [0.15, 0.2) is 12.3 Å². The van der Waals surface area contributed by atoms with Gasteiger partial charge in [0.1, 0.15) is 11.5 Å². The van der Waals surface area contributed by atoms with Crippen LogP contribution < -0.4 is 5.32 Å². The molecule has 100 valence electrons. The maximum atomic E-state index is 6.15. The molecule has 2 aromatic rings. The van der Waals surface area contributed by atoms with Crippen LogP contribution in [0.5, 0.6) is 0 Å². The van der Waals surface area contributed by atoms with Gasteiger partial charge in [-0.1, -0.05) is 30.1 Å². The third-order valence-electron chi connectivity index (χ3n) is 2.84. The number of aryl methyl sites for hydroxylation is 1. The standard InChI is InChI=1S/C13H14Cl2N4/c1-4-10-7(2)12(16-3)19-13(18-10)11-9(15)5-8(14)6-17-11/h5-6H,4H2,1-3H3,(H,16,18,19). The van der Waals surface area contributed by atoms with Crippen molar-refractivity contribution >= 4 is 29.0 Å². The van der Waals surface area contributed by atoms with Gasteiger partial charge in [0.2, 0.25) is 0 Å². The van der Waals surface area contributed by atoms with Crippen molar-refractivity contribution in [1.82, 2.24) is 15.0 Å². The summed E-state index contributed by atoms with van der Waals surface area (Å²) in [5.41, 5.74) is 2.55. The summed E-state index contributed by atoms with van der Waals surface area (Å²) in [5.74, 6) is 1.29. The molecule has 0 unspecified atom stereocenters. The molecule has 0 aliphatic rings. The quantitative estimate of drug-likeness (QED) is 0.937. The number of anilines is 1. The van der Waals surface area contributed by atoms with Crippen LogP contribution in [-0.4, -0.2) is 22.0 Å². The number of halogens is 2. The maximum absolute atomic E-state index is 6.15. The Kier molecular flexibility index (Phi) is 4.22. The Hall–Kier alpha value is -1.39. The maximum Gasteiger partial charge on any atom is 0.181 e. The van der Waals surface area contributed by atoms with Gasteiger partial charge in [0.25, 0.3) is 0 Å².